The summed E-state index contributed by atoms with van der Waals surface area (Å²) in [5, 5.41) is 14.5. The van der Waals surface area contributed by atoms with E-state index >= 15 is 0 Å². The fourth-order valence-electron chi connectivity index (χ4n) is 2.09. The van der Waals surface area contributed by atoms with Gasteiger partial charge in [0.1, 0.15) is 11.5 Å². The van der Waals surface area contributed by atoms with Gasteiger partial charge in [0.05, 0.1) is 5.69 Å². The fourth-order valence-corrected chi connectivity index (χ4v) is 2.09. The third kappa shape index (κ3) is 4.81. The predicted molar refractivity (Wildman–Crippen MR) is 96.7 cm³/mol. The van der Waals surface area contributed by atoms with Crippen LogP contribution >= 0.6 is 0 Å². The van der Waals surface area contributed by atoms with Gasteiger partial charge in [-0.05, 0) is 36.4 Å². The van der Waals surface area contributed by atoms with Crippen molar-refractivity contribution in [3.63, 3.8) is 0 Å². The number of aliphatic imine (C=N–C) groups is 1. The van der Waals surface area contributed by atoms with E-state index in [9.17, 15) is 0 Å². The van der Waals surface area contributed by atoms with E-state index in [0.717, 1.165) is 11.4 Å². The molecule has 0 bridgehead atoms. The lowest BCUT2D eigenvalue weighted by molar-refractivity contribution is 0.483. The number of hydrogen-bond acceptors (Lipinski definition) is 4. The third-order valence-electron chi connectivity index (χ3n) is 3.15. The van der Waals surface area contributed by atoms with Gasteiger partial charge in [0.2, 0.25) is 5.96 Å². The van der Waals surface area contributed by atoms with Crippen LogP contribution in [0.15, 0.2) is 84.1 Å². The fraction of sp³-hybridized carbons (Fsp3) is 0. The molecule has 0 unspecified atom stereocenters. The summed E-state index contributed by atoms with van der Waals surface area (Å²) in [5.74, 6) is 1.74. The van der Waals surface area contributed by atoms with Gasteiger partial charge in [-0.2, -0.15) is 5.26 Å². The number of aromatic nitrogens is 1. The maximum Gasteiger partial charge on any atom is 0.214 e. The van der Waals surface area contributed by atoms with Crippen LogP contribution in [0.25, 0.3) is 0 Å². The largest absolute Gasteiger partial charge is 0.457 e. The summed E-state index contributed by atoms with van der Waals surface area (Å²) in [7, 11) is 0. The molecule has 1 aromatic heterocycles. The molecule has 0 saturated carbocycles. The lowest BCUT2D eigenvalue weighted by Gasteiger charge is -2.10. The molecule has 6 heteroatoms. The maximum absolute atomic E-state index is 8.92. The molecule has 0 amide bonds. The number of benzene rings is 2. The Kier molecular flexibility index (Phi) is 5.21. The normalized spacial score (nSPS) is 10.6. The van der Waals surface area contributed by atoms with Crippen molar-refractivity contribution in [2.24, 2.45) is 4.99 Å². The van der Waals surface area contributed by atoms with Gasteiger partial charge in [0.25, 0.3) is 0 Å². The van der Waals surface area contributed by atoms with Crippen molar-refractivity contribution >= 4 is 17.3 Å². The molecule has 0 aliphatic rings. The smallest absolute Gasteiger partial charge is 0.214 e. The molecule has 122 valence electrons. The summed E-state index contributed by atoms with van der Waals surface area (Å²) in [6.45, 7) is 0. The molecule has 0 radical (unpaired) electrons. The number of nitrogens with zero attached hydrogens (tertiary/aromatic N) is 3. The monoisotopic (exact) mass is 329 g/mol. The van der Waals surface area contributed by atoms with E-state index in [1.165, 1.54) is 0 Å². The molecule has 0 fully saturated rings. The highest BCUT2D eigenvalue weighted by molar-refractivity contribution is 5.96. The molecule has 0 saturated heterocycles. The van der Waals surface area contributed by atoms with Crippen molar-refractivity contribution in [3.05, 3.63) is 79.1 Å². The van der Waals surface area contributed by atoms with E-state index in [1.807, 2.05) is 60.8 Å². The summed E-state index contributed by atoms with van der Waals surface area (Å²) in [4.78, 5) is 8.29. The number of ether oxygens (including phenoxy) is 1. The maximum atomic E-state index is 8.92. The van der Waals surface area contributed by atoms with Crippen LogP contribution in [0.2, 0.25) is 0 Å². The van der Waals surface area contributed by atoms with Gasteiger partial charge in [0.15, 0.2) is 6.19 Å². The van der Waals surface area contributed by atoms with Crippen LogP contribution < -0.4 is 15.4 Å². The second-order valence-electron chi connectivity index (χ2n) is 4.97. The van der Waals surface area contributed by atoms with Crippen LogP contribution in [0.1, 0.15) is 0 Å². The Hall–Kier alpha value is -3.85. The number of para-hydroxylation sites is 1. The zero-order valence-corrected chi connectivity index (χ0v) is 13.3. The topological polar surface area (TPSA) is 82.3 Å². The van der Waals surface area contributed by atoms with Crippen LogP contribution in [0.4, 0.5) is 11.4 Å². The zero-order valence-electron chi connectivity index (χ0n) is 13.3. The Morgan fingerprint density at radius 2 is 1.72 bits per heavy atom. The third-order valence-corrected chi connectivity index (χ3v) is 3.15. The van der Waals surface area contributed by atoms with Crippen LogP contribution in [-0.2, 0) is 0 Å². The summed E-state index contributed by atoms with van der Waals surface area (Å²) in [6, 6.07) is 20.4. The highest BCUT2D eigenvalue weighted by Crippen LogP contribution is 2.24. The Bertz CT molecular complexity index is 888. The summed E-state index contributed by atoms with van der Waals surface area (Å²) in [5.41, 5.74) is 1.42. The van der Waals surface area contributed by atoms with Crippen molar-refractivity contribution in [1.29, 1.82) is 5.26 Å². The number of guanidine groups is 1. The molecular weight excluding hydrogens is 314 g/mol. The second kappa shape index (κ2) is 8.13. The lowest BCUT2D eigenvalue weighted by atomic mass is 10.3. The number of pyridine rings is 1. The number of nitrogens with one attached hydrogen (secondary N) is 2. The van der Waals surface area contributed by atoms with Crippen LogP contribution in [0.5, 0.6) is 11.5 Å². The molecule has 0 aliphatic carbocycles. The molecular formula is C19H15N5O. The first-order chi connectivity index (χ1) is 12.3. The summed E-state index contributed by atoms with van der Waals surface area (Å²) in [6.07, 6.45) is 5.14. The van der Waals surface area contributed by atoms with Crippen molar-refractivity contribution in [2.75, 3.05) is 5.32 Å². The molecule has 0 atom stereocenters. The average molecular weight is 329 g/mol. The SMILES string of the molecule is N#CNC(=Nc1ccncc1)Nc1cccc(Oc2ccccc2)c1. The summed E-state index contributed by atoms with van der Waals surface area (Å²) < 4.78 is 5.81. The van der Waals surface area contributed by atoms with Gasteiger partial charge in [-0.25, -0.2) is 4.99 Å². The van der Waals surface area contributed by atoms with Crippen molar-refractivity contribution in [1.82, 2.24) is 10.3 Å². The first-order valence-electron chi connectivity index (χ1n) is 7.57. The number of anilines is 1. The molecule has 1 heterocycles. The molecule has 0 spiro atoms. The van der Waals surface area contributed by atoms with E-state index in [-0.39, 0.29) is 0 Å². The Morgan fingerprint density at radius 3 is 2.48 bits per heavy atom. The molecule has 2 N–H and O–H groups in total. The molecule has 3 aromatic rings. The van der Waals surface area contributed by atoms with E-state index in [0.29, 0.717) is 17.4 Å². The van der Waals surface area contributed by atoms with E-state index in [2.05, 4.69) is 20.6 Å². The van der Waals surface area contributed by atoms with Crippen molar-refractivity contribution in [2.45, 2.75) is 0 Å². The van der Waals surface area contributed by atoms with Crippen molar-refractivity contribution < 1.29 is 4.74 Å². The molecule has 6 nitrogen and oxygen atoms in total. The molecule has 0 aliphatic heterocycles. The minimum Gasteiger partial charge on any atom is -0.457 e. The summed E-state index contributed by atoms with van der Waals surface area (Å²) >= 11 is 0. The predicted octanol–water partition coefficient (Wildman–Crippen LogP) is 4.04. The van der Waals surface area contributed by atoms with Crippen LogP contribution in [0, 0.1) is 11.5 Å². The van der Waals surface area contributed by atoms with E-state index < -0.39 is 0 Å². The van der Waals surface area contributed by atoms with Crippen LogP contribution in [0.3, 0.4) is 0 Å². The zero-order chi connectivity index (χ0) is 17.3. The van der Waals surface area contributed by atoms with Gasteiger partial charge in [0, 0.05) is 24.1 Å². The van der Waals surface area contributed by atoms with Gasteiger partial charge in [-0.3, -0.25) is 10.3 Å². The van der Waals surface area contributed by atoms with E-state index in [4.69, 9.17) is 10.00 Å². The lowest BCUT2D eigenvalue weighted by Crippen LogP contribution is -2.26. The number of nitriles is 1. The Labute approximate surface area is 145 Å². The molecule has 3 rings (SSSR count). The molecule has 25 heavy (non-hydrogen) atoms. The number of hydrogen-bond donors (Lipinski definition) is 2. The van der Waals surface area contributed by atoms with Crippen molar-refractivity contribution in [3.8, 4) is 17.7 Å². The second-order valence-corrected chi connectivity index (χ2v) is 4.97. The first kappa shape index (κ1) is 16.0. The number of rotatable bonds is 4. The quantitative estimate of drug-likeness (QED) is 0.327. The van der Waals surface area contributed by atoms with Gasteiger partial charge < -0.3 is 10.1 Å². The highest BCUT2D eigenvalue weighted by Gasteiger charge is 2.03. The minimum atomic E-state index is 0.311. The average Bonchev–Trinajstić information content (AvgIpc) is 2.64. The first-order valence-corrected chi connectivity index (χ1v) is 7.57. The standard InChI is InChI=1S/C19H15N5O/c20-14-22-19(23-15-9-11-21-12-10-15)24-16-5-4-8-18(13-16)25-17-6-2-1-3-7-17/h1-13H,(H2,21,22,23,24). The Balaban J connectivity index is 1.77. The highest BCUT2D eigenvalue weighted by atomic mass is 16.5. The van der Waals surface area contributed by atoms with Crippen LogP contribution in [-0.4, -0.2) is 10.9 Å². The van der Waals surface area contributed by atoms with E-state index in [1.54, 1.807) is 24.5 Å². The van der Waals surface area contributed by atoms with Gasteiger partial charge in [-0.1, -0.05) is 24.3 Å². The minimum absolute atomic E-state index is 0.311. The molecule has 2 aromatic carbocycles. The Morgan fingerprint density at radius 1 is 0.960 bits per heavy atom. The van der Waals surface area contributed by atoms with Gasteiger partial charge >= 0.3 is 0 Å². The van der Waals surface area contributed by atoms with Gasteiger partial charge in [-0.15, -0.1) is 0 Å².